The van der Waals surface area contributed by atoms with Crippen molar-refractivity contribution in [3.63, 3.8) is 0 Å². The summed E-state index contributed by atoms with van der Waals surface area (Å²) >= 11 is 0. The third-order valence-corrected chi connectivity index (χ3v) is 6.09. The van der Waals surface area contributed by atoms with E-state index in [0.717, 1.165) is 16.4 Å². The lowest BCUT2D eigenvalue weighted by molar-refractivity contribution is 0.00578. The Morgan fingerprint density at radius 1 is 0.966 bits per heavy atom. The summed E-state index contributed by atoms with van der Waals surface area (Å²) in [5.41, 5.74) is 0.771. The molecule has 1 fully saturated rings. The molecule has 1 aromatic carbocycles. The molecule has 0 aliphatic carbocycles. The first-order chi connectivity index (χ1) is 13.8. The molecule has 1 saturated heterocycles. The Labute approximate surface area is 168 Å². The average molecular weight is 387 g/mol. The largest absolute Gasteiger partial charge is 0.494 e. The standard InChI is InChI=1S/C22H22BN3O3/c1-21(2)22(3,4)29-23(28-21)16-9-8-15-10-12-26(19(27)18(15)13-16)20-24-14-17-7-5-6-11-25(17)20/h5-14H,1-4H3. The normalized spacial score (nSPS) is 18.0. The van der Waals surface area contributed by atoms with Gasteiger partial charge in [0.1, 0.15) is 0 Å². The minimum atomic E-state index is -0.510. The fourth-order valence-electron chi connectivity index (χ4n) is 3.65. The molecule has 0 radical (unpaired) electrons. The van der Waals surface area contributed by atoms with Gasteiger partial charge in [-0.15, -0.1) is 0 Å². The van der Waals surface area contributed by atoms with Gasteiger partial charge in [-0.25, -0.2) is 4.98 Å². The fourth-order valence-corrected chi connectivity index (χ4v) is 3.65. The van der Waals surface area contributed by atoms with Gasteiger partial charge in [-0.3, -0.25) is 13.8 Å². The number of imidazole rings is 1. The second-order valence-corrected chi connectivity index (χ2v) is 8.48. The highest BCUT2D eigenvalue weighted by molar-refractivity contribution is 6.62. The molecule has 4 heterocycles. The maximum absolute atomic E-state index is 13.3. The van der Waals surface area contributed by atoms with Crippen molar-refractivity contribution < 1.29 is 9.31 Å². The van der Waals surface area contributed by atoms with Gasteiger partial charge in [-0.05, 0) is 62.8 Å². The van der Waals surface area contributed by atoms with Gasteiger partial charge >= 0.3 is 7.12 Å². The molecule has 146 valence electrons. The number of hydrogen-bond acceptors (Lipinski definition) is 4. The van der Waals surface area contributed by atoms with E-state index in [9.17, 15) is 4.79 Å². The van der Waals surface area contributed by atoms with Crippen LogP contribution in [0.3, 0.4) is 0 Å². The van der Waals surface area contributed by atoms with Crippen LogP contribution < -0.4 is 11.0 Å². The van der Waals surface area contributed by atoms with Gasteiger partial charge in [0, 0.05) is 17.8 Å². The van der Waals surface area contributed by atoms with Crippen LogP contribution in [0.25, 0.3) is 22.2 Å². The predicted octanol–water partition coefficient (Wildman–Crippen LogP) is 2.94. The van der Waals surface area contributed by atoms with Gasteiger partial charge in [0.2, 0.25) is 5.95 Å². The fraction of sp³-hybridized carbons (Fsp3) is 0.273. The minimum Gasteiger partial charge on any atom is -0.399 e. The molecule has 29 heavy (non-hydrogen) atoms. The lowest BCUT2D eigenvalue weighted by atomic mass is 9.78. The van der Waals surface area contributed by atoms with Crippen LogP contribution in [-0.4, -0.2) is 32.3 Å². The molecular formula is C22H22BN3O3. The van der Waals surface area contributed by atoms with E-state index in [0.29, 0.717) is 11.3 Å². The van der Waals surface area contributed by atoms with Crippen LogP contribution in [0.1, 0.15) is 27.7 Å². The number of benzene rings is 1. The van der Waals surface area contributed by atoms with Crippen LogP contribution in [0.15, 0.2) is 65.8 Å². The number of rotatable bonds is 2. The molecule has 1 aliphatic rings. The molecule has 5 rings (SSSR count). The Hall–Kier alpha value is -2.90. The molecular weight excluding hydrogens is 365 g/mol. The van der Waals surface area contributed by atoms with Crippen LogP contribution >= 0.6 is 0 Å². The van der Waals surface area contributed by atoms with Crippen molar-refractivity contribution in [2.75, 3.05) is 0 Å². The summed E-state index contributed by atoms with van der Waals surface area (Å²) in [7, 11) is -0.510. The molecule has 0 saturated carbocycles. The van der Waals surface area contributed by atoms with E-state index >= 15 is 0 Å². The maximum atomic E-state index is 13.3. The molecule has 0 spiro atoms. The first-order valence-corrected chi connectivity index (χ1v) is 9.70. The van der Waals surface area contributed by atoms with Crippen LogP contribution in [0, 0.1) is 0 Å². The van der Waals surface area contributed by atoms with Crippen LogP contribution in [0.2, 0.25) is 0 Å². The highest BCUT2D eigenvalue weighted by atomic mass is 16.7. The van der Waals surface area contributed by atoms with Gasteiger partial charge in [-0.1, -0.05) is 18.2 Å². The van der Waals surface area contributed by atoms with E-state index in [1.165, 1.54) is 0 Å². The second kappa shape index (κ2) is 6.05. The van der Waals surface area contributed by atoms with E-state index in [4.69, 9.17) is 9.31 Å². The van der Waals surface area contributed by atoms with Gasteiger partial charge in [0.25, 0.3) is 5.56 Å². The third-order valence-electron chi connectivity index (χ3n) is 6.09. The van der Waals surface area contributed by atoms with Crippen molar-refractivity contribution in [3.05, 3.63) is 71.4 Å². The van der Waals surface area contributed by atoms with Gasteiger partial charge < -0.3 is 9.31 Å². The van der Waals surface area contributed by atoms with Crippen molar-refractivity contribution in [2.24, 2.45) is 0 Å². The van der Waals surface area contributed by atoms with Crippen molar-refractivity contribution in [1.29, 1.82) is 0 Å². The van der Waals surface area contributed by atoms with E-state index in [-0.39, 0.29) is 5.56 Å². The summed E-state index contributed by atoms with van der Waals surface area (Å²) in [5, 5.41) is 1.47. The molecule has 0 bridgehead atoms. The molecule has 0 amide bonds. The van der Waals surface area contributed by atoms with Crippen molar-refractivity contribution in [3.8, 4) is 5.95 Å². The molecule has 3 aromatic heterocycles. The number of aromatic nitrogens is 3. The zero-order valence-corrected chi connectivity index (χ0v) is 16.9. The van der Waals surface area contributed by atoms with E-state index < -0.39 is 18.3 Å². The quantitative estimate of drug-likeness (QED) is 0.497. The zero-order valence-electron chi connectivity index (χ0n) is 16.9. The molecule has 0 N–H and O–H groups in total. The van der Waals surface area contributed by atoms with Crippen molar-refractivity contribution in [2.45, 2.75) is 38.9 Å². The summed E-state index contributed by atoms with van der Waals surface area (Å²) < 4.78 is 15.8. The highest BCUT2D eigenvalue weighted by Gasteiger charge is 2.51. The summed E-state index contributed by atoms with van der Waals surface area (Å²) in [6, 6.07) is 13.5. The average Bonchev–Trinajstić information content (AvgIpc) is 3.20. The van der Waals surface area contributed by atoms with Crippen molar-refractivity contribution in [1.82, 2.24) is 14.0 Å². The summed E-state index contributed by atoms with van der Waals surface area (Å²) in [6.45, 7) is 8.07. The molecule has 0 atom stereocenters. The predicted molar refractivity (Wildman–Crippen MR) is 114 cm³/mol. The zero-order chi connectivity index (χ0) is 20.4. The smallest absolute Gasteiger partial charge is 0.399 e. The number of nitrogens with zero attached hydrogens (tertiary/aromatic N) is 3. The molecule has 0 unspecified atom stereocenters. The maximum Gasteiger partial charge on any atom is 0.494 e. The van der Waals surface area contributed by atoms with E-state index in [1.807, 2.05) is 80.8 Å². The monoisotopic (exact) mass is 387 g/mol. The third kappa shape index (κ3) is 2.73. The lowest BCUT2D eigenvalue weighted by Gasteiger charge is -2.32. The molecule has 1 aliphatic heterocycles. The summed E-state index contributed by atoms with van der Waals surface area (Å²) in [5.74, 6) is 0.563. The first kappa shape index (κ1) is 18.2. The lowest BCUT2D eigenvalue weighted by Crippen LogP contribution is -2.41. The Kier molecular flexibility index (Phi) is 3.79. The van der Waals surface area contributed by atoms with Crippen LogP contribution in [-0.2, 0) is 9.31 Å². The molecule has 6 nitrogen and oxygen atoms in total. The van der Waals surface area contributed by atoms with E-state index in [2.05, 4.69) is 4.98 Å². The van der Waals surface area contributed by atoms with Gasteiger partial charge in [0.15, 0.2) is 0 Å². The number of fused-ring (bicyclic) bond motifs is 2. The second-order valence-electron chi connectivity index (χ2n) is 8.48. The van der Waals surface area contributed by atoms with Crippen LogP contribution in [0.5, 0.6) is 0 Å². The number of hydrogen-bond donors (Lipinski definition) is 0. The minimum absolute atomic E-state index is 0.128. The Morgan fingerprint density at radius 2 is 1.72 bits per heavy atom. The Morgan fingerprint density at radius 3 is 2.48 bits per heavy atom. The first-order valence-electron chi connectivity index (χ1n) is 9.70. The number of pyridine rings is 2. The van der Waals surface area contributed by atoms with Gasteiger partial charge in [0.05, 0.1) is 22.9 Å². The molecule has 4 aromatic rings. The summed E-state index contributed by atoms with van der Waals surface area (Å²) in [6.07, 6.45) is 5.42. The van der Waals surface area contributed by atoms with E-state index in [1.54, 1.807) is 17.0 Å². The SMILES string of the molecule is CC1(C)OB(c2ccc3ccn(-c4ncc5ccccn45)c(=O)c3c2)OC1(C)C. The highest BCUT2D eigenvalue weighted by Crippen LogP contribution is 2.36. The van der Waals surface area contributed by atoms with Crippen LogP contribution in [0.4, 0.5) is 0 Å². The Bertz CT molecular complexity index is 1290. The summed E-state index contributed by atoms with van der Waals surface area (Å²) in [4.78, 5) is 17.8. The Balaban J connectivity index is 1.63. The van der Waals surface area contributed by atoms with Gasteiger partial charge in [-0.2, -0.15) is 0 Å². The molecule has 7 heteroatoms. The topological polar surface area (TPSA) is 57.8 Å². The van der Waals surface area contributed by atoms with Crippen molar-refractivity contribution >= 4 is 28.9 Å².